The van der Waals surface area contributed by atoms with Crippen LogP contribution in [-0.2, 0) is 4.79 Å². The van der Waals surface area contributed by atoms with Crippen molar-refractivity contribution in [3.05, 3.63) is 0 Å². The quantitative estimate of drug-likeness (QED) is 0.763. The predicted molar refractivity (Wildman–Crippen MR) is 46.8 cm³/mol. The first-order chi connectivity index (χ1) is 7.28. The summed E-state index contributed by atoms with van der Waals surface area (Å²) in [7, 11) is 0. The van der Waals surface area contributed by atoms with E-state index in [4.69, 9.17) is 5.11 Å². The molecule has 0 saturated heterocycles. The lowest BCUT2D eigenvalue weighted by Gasteiger charge is -2.22. The van der Waals surface area contributed by atoms with Crippen LogP contribution in [0.3, 0.4) is 0 Å². The van der Waals surface area contributed by atoms with Crippen LogP contribution in [0, 0.1) is 0 Å². The Bertz CT molecular complexity index is 289. The van der Waals surface area contributed by atoms with E-state index in [-0.39, 0.29) is 10.9 Å². The number of halogens is 3. The number of aliphatic carboxylic acids is 1. The predicted octanol–water partition coefficient (Wildman–Crippen LogP) is 0.807. The fourth-order valence-corrected chi connectivity index (χ4v) is 1.07. The third kappa shape index (κ3) is 4.85. The minimum atomic E-state index is -4.60. The van der Waals surface area contributed by atoms with Crippen LogP contribution in [0.2, 0.25) is 0 Å². The number of rotatable bonds is 4. The topological polar surface area (TPSA) is 69.6 Å². The maximum absolute atomic E-state index is 12.1. The molecule has 92 valence electrons. The number of carbonyl (C=O) groups excluding carboxylic acids is 1. The van der Waals surface area contributed by atoms with Gasteiger partial charge in [-0.2, -0.15) is 13.2 Å². The van der Waals surface area contributed by atoms with E-state index >= 15 is 0 Å². The highest BCUT2D eigenvalue weighted by Crippen LogP contribution is 2.20. The second-order valence-electron chi connectivity index (χ2n) is 3.59. The summed E-state index contributed by atoms with van der Waals surface area (Å²) < 4.78 is 36.2. The third-order valence-corrected chi connectivity index (χ3v) is 1.89. The van der Waals surface area contributed by atoms with Crippen molar-refractivity contribution in [2.24, 2.45) is 0 Å². The van der Waals surface area contributed by atoms with Crippen LogP contribution in [-0.4, -0.2) is 47.3 Å². The highest BCUT2D eigenvalue weighted by Gasteiger charge is 2.35. The molecule has 0 unspecified atom stereocenters. The molecule has 0 bridgehead atoms. The minimum absolute atomic E-state index is 0.114. The van der Waals surface area contributed by atoms with E-state index in [1.54, 1.807) is 0 Å². The second kappa shape index (κ2) is 4.58. The van der Waals surface area contributed by atoms with Gasteiger partial charge in [-0.05, 0) is 12.8 Å². The summed E-state index contributed by atoms with van der Waals surface area (Å²) in [6.07, 6.45) is -3.16. The molecule has 0 heterocycles. The minimum Gasteiger partial charge on any atom is -0.480 e. The van der Waals surface area contributed by atoms with Crippen LogP contribution >= 0.6 is 0 Å². The summed E-state index contributed by atoms with van der Waals surface area (Å²) in [5.41, 5.74) is 0. The molecule has 5 nitrogen and oxygen atoms in total. The summed E-state index contributed by atoms with van der Waals surface area (Å²) in [5.74, 6) is -1.48. The van der Waals surface area contributed by atoms with Gasteiger partial charge in [0, 0.05) is 6.04 Å². The number of hydrogen-bond acceptors (Lipinski definition) is 2. The van der Waals surface area contributed by atoms with Gasteiger partial charge in [0.2, 0.25) is 0 Å². The van der Waals surface area contributed by atoms with Crippen molar-refractivity contribution in [2.75, 3.05) is 13.1 Å². The Morgan fingerprint density at radius 1 is 1.38 bits per heavy atom. The van der Waals surface area contributed by atoms with Crippen molar-refractivity contribution in [3.63, 3.8) is 0 Å². The van der Waals surface area contributed by atoms with E-state index in [2.05, 4.69) is 5.32 Å². The molecule has 16 heavy (non-hydrogen) atoms. The first-order valence-electron chi connectivity index (χ1n) is 4.62. The van der Waals surface area contributed by atoms with Gasteiger partial charge in [0.1, 0.15) is 13.1 Å². The summed E-state index contributed by atoms with van der Waals surface area (Å²) in [4.78, 5) is 21.8. The smallest absolute Gasteiger partial charge is 0.406 e. The Morgan fingerprint density at radius 2 is 1.94 bits per heavy atom. The summed E-state index contributed by atoms with van der Waals surface area (Å²) in [5, 5.41) is 10.7. The lowest BCUT2D eigenvalue weighted by Crippen LogP contribution is -2.47. The summed E-state index contributed by atoms with van der Waals surface area (Å²) in [6.45, 7) is -2.52. The molecule has 1 saturated carbocycles. The maximum Gasteiger partial charge on any atom is 0.406 e. The van der Waals surface area contributed by atoms with E-state index < -0.39 is 31.3 Å². The van der Waals surface area contributed by atoms with Crippen molar-refractivity contribution in [1.82, 2.24) is 10.2 Å². The summed E-state index contributed by atoms with van der Waals surface area (Å²) in [6, 6.07) is -1.10. The zero-order valence-electron chi connectivity index (χ0n) is 8.25. The molecule has 0 aromatic carbocycles. The molecule has 0 atom stereocenters. The molecule has 2 amide bonds. The molecule has 2 N–H and O–H groups in total. The largest absolute Gasteiger partial charge is 0.480 e. The van der Waals surface area contributed by atoms with E-state index in [1.165, 1.54) is 0 Å². The Balaban J connectivity index is 2.53. The van der Waals surface area contributed by atoms with Crippen molar-refractivity contribution in [1.29, 1.82) is 0 Å². The first-order valence-corrected chi connectivity index (χ1v) is 4.62. The van der Waals surface area contributed by atoms with E-state index in [9.17, 15) is 22.8 Å². The zero-order chi connectivity index (χ0) is 12.3. The molecule has 0 aromatic heterocycles. The van der Waals surface area contributed by atoms with E-state index in [1.807, 2.05) is 0 Å². The van der Waals surface area contributed by atoms with Crippen LogP contribution in [0.25, 0.3) is 0 Å². The van der Waals surface area contributed by atoms with Gasteiger partial charge in [0.05, 0.1) is 0 Å². The van der Waals surface area contributed by atoms with Crippen LogP contribution in [0.1, 0.15) is 12.8 Å². The Hall–Kier alpha value is -1.47. The number of nitrogens with one attached hydrogen (secondary N) is 1. The molecular weight excluding hydrogens is 229 g/mol. The Labute approximate surface area is 89.2 Å². The average molecular weight is 240 g/mol. The maximum atomic E-state index is 12.1. The first kappa shape index (κ1) is 12.6. The number of carbonyl (C=O) groups is 2. The van der Waals surface area contributed by atoms with Crippen LogP contribution in [0.15, 0.2) is 0 Å². The molecule has 0 aromatic rings. The van der Waals surface area contributed by atoms with Crippen LogP contribution in [0.5, 0.6) is 0 Å². The van der Waals surface area contributed by atoms with Crippen LogP contribution < -0.4 is 5.32 Å². The third-order valence-electron chi connectivity index (χ3n) is 1.89. The molecular formula is C8H11F3N2O3. The van der Waals surface area contributed by atoms with Gasteiger partial charge < -0.3 is 15.3 Å². The zero-order valence-corrected chi connectivity index (χ0v) is 8.25. The molecule has 1 rings (SSSR count). The van der Waals surface area contributed by atoms with Crippen molar-refractivity contribution in [2.45, 2.75) is 25.1 Å². The number of carboxylic acid groups (broad SMARTS) is 1. The fraction of sp³-hybridized carbons (Fsp3) is 0.750. The summed E-state index contributed by atoms with van der Waals surface area (Å²) >= 11 is 0. The second-order valence-corrected chi connectivity index (χ2v) is 3.59. The SMILES string of the molecule is O=C(O)CN(CC(F)(F)F)C(=O)NC1CC1. The van der Waals surface area contributed by atoms with Gasteiger partial charge in [-0.3, -0.25) is 4.79 Å². The monoisotopic (exact) mass is 240 g/mol. The average Bonchev–Trinajstić information content (AvgIpc) is 2.83. The molecule has 1 aliphatic carbocycles. The van der Waals surface area contributed by atoms with Crippen molar-refractivity contribution >= 4 is 12.0 Å². The molecule has 8 heteroatoms. The molecule has 0 radical (unpaired) electrons. The van der Waals surface area contributed by atoms with Crippen molar-refractivity contribution < 1.29 is 27.9 Å². The van der Waals surface area contributed by atoms with Gasteiger partial charge in [0.25, 0.3) is 0 Å². The van der Waals surface area contributed by atoms with E-state index in [0.29, 0.717) is 0 Å². The highest BCUT2D eigenvalue weighted by atomic mass is 19.4. The Kier molecular flexibility index (Phi) is 3.61. The lowest BCUT2D eigenvalue weighted by molar-refractivity contribution is -0.148. The molecule has 0 aliphatic heterocycles. The molecule has 1 aliphatic rings. The number of nitrogens with zero attached hydrogens (tertiary/aromatic N) is 1. The number of alkyl halides is 3. The van der Waals surface area contributed by atoms with Gasteiger partial charge in [0.15, 0.2) is 0 Å². The molecule has 0 spiro atoms. The van der Waals surface area contributed by atoms with Gasteiger partial charge in [-0.1, -0.05) is 0 Å². The number of urea groups is 1. The van der Waals surface area contributed by atoms with Gasteiger partial charge in [-0.15, -0.1) is 0 Å². The van der Waals surface area contributed by atoms with Crippen LogP contribution in [0.4, 0.5) is 18.0 Å². The van der Waals surface area contributed by atoms with Gasteiger partial charge in [-0.25, -0.2) is 4.79 Å². The van der Waals surface area contributed by atoms with E-state index in [0.717, 1.165) is 12.8 Å². The lowest BCUT2D eigenvalue weighted by atomic mass is 10.4. The number of amides is 2. The van der Waals surface area contributed by atoms with Crippen molar-refractivity contribution in [3.8, 4) is 0 Å². The Morgan fingerprint density at radius 3 is 2.31 bits per heavy atom. The van der Waals surface area contributed by atoms with Gasteiger partial charge >= 0.3 is 18.2 Å². The fourth-order valence-electron chi connectivity index (χ4n) is 1.07. The number of hydrogen-bond donors (Lipinski definition) is 2. The molecule has 1 fully saturated rings. The standard InChI is InChI=1S/C8H11F3N2O3/c9-8(10,11)4-13(3-6(14)15)7(16)12-5-1-2-5/h5H,1-4H2,(H,12,16)(H,14,15). The normalized spacial score (nSPS) is 15.7. The highest BCUT2D eigenvalue weighted by molar-refractivity contribution is 5.80. The number of carboxylic acids is 1.